The van der Waals surface area contributed by atoms with Crippen LogP contribution >= 0.6 is 11.6 Å². The highest BCUT2D eigenvalue weighted by Crippen LogP contribution is 2.22. The standard InChI is InChI=1S/C11H9ClFN3O2/c1-18-11(17)7-5-15-16(10(7)14)9-3-2-6(12)4-8(9)13/h2-5H,14H2,1H3. The van der Waals surface area contributed by atoms with Crippen LogP contribution in [0.4, 0.5) is 10.2 Å². The number of ether oxygens (including phenoxy) is 1. The molecule has 0 saturated carbocycles. The Bertz CT molecular complexity index is 612. The summed E-state index contributed by atoms with van der Waals surface area (Å²) in [6.07, 6.45) is 1.22. The van der Waals surface area contributed by atoms with Crippen molar-refractivity contribution in [2.75, 3.05) is 12.8 Å². The van der Waals surface area contributed by atoms with E-state index in [0.717, 1.165) is 10.7 Å². The van der Waals surface area contributed by atoms with Crippen LogP contribution in [-0.2, 0) is 4.74 Å². The SMILES string of the molecule is COC(=O)c1cnn(-c2ccc(Cl)cc2F)c1N. The van der Waals surface area contributed by atoms with Crippen LogP contribution < -0.4 is 5.73 Å². The molecule has 1 aromatic heterocycles. The summed E-state index contributed by atoms with van der Waals surface area (Å²) in [7, 11) is 1.22. The molecule has 0 aliphatic rings. The smallest absolute Gasteiger partial charge is 0.343 e. The third kappa shape index (κ3) is 2.02. The third-order valence-corrected chi connectivity index (χ3v) is 2.58. The van der Waals surface area contributed by atoms with Gasteiger partial charge >= 0.3 is 5.97 Å². The number of rotatable bonds is 2. The van der Waals surface area contributed by atoms with Gasteiger partial charge in [-0.3, -0.25) is 0 Å². The maximum Gasteiger partial charge on any atom is 0.343 e. The number of carbonyl (C=O) groups excluding carboxylic acids is 1. The van der Waals surface area contributed by atoms with E-state index in [2.05, 4.69) is 9.84 Å². The van der Waals surface area contributed by atoms with Gasteiger partial charge in [-0.05, 0) is 18.2 Å². The minimum absolute atomic E-state index is 0.00284. The number of esters is 1. The third-order valence-electron chi connectivity index (χ3n) is 2.35. The van der Waals surface area contributed by atoms with Gasteiger partial charge in [0.2, 0.25) is 0 Å². The number of methoxy groups -OCH3 is 1. The molecule has 0 atom stereocenters. The number of carbonyl (C=O) groups is 1. The van der Waals surface area contributed by atoms with Crippen LogP contribution in [0.5, 0.6) is 0 Å². The summed E-state index contributed by atoms with van der Waals surface area (Å²) in [5.41, 5.74) is 5.90. The number of anilines is 1. The summed E-state index contributed by atoms with van der Waals surface area (Å²) < 4.78 is 19.3. The molecule has 0 fully saturated rings. The Morgan fingerprint density at radius 3 is 2.89 bits per heavy atom. The molecule has 2 aromatic rings. The van der Waals surface area contributed by atoms with Gasteiger partial charge in [0.15, 0.2) is 0 Å². The summed E-state index contributed by atoms with van der Waals surface area (Å²) >= 11 is 5.65. The number of nitrogens with zero attached hydrogens (tertiary/aromatic N) is 2. The molecule has 0 bridgehead atoms. The Labute approximate surface area is 107 Å². The number of halogens is 2. The molecule has 5 nitrogen and oxygen atoms in total. The van der Waals surface area contributed by atoms with Gasteiger partial charge in [-0.25, -0.2) is 13.9 Å². The zero-order valence-electron chi connectivity index (χ0n) is 9.35. The summed E-state index contributed by atoms with van der Waals surface area (Å²) in [6, 6.07) is 4.05. The maximum absolute atomic E-state index is 13.7. The first-order chi connectivity index (χ1) is 8.54. The second kappa shape index (κ2) is 4.66. The van der Waals surface area contributed by atoms with Crippen LogP contribution in [0.3, 0.4) is 0 Å². The average molecular weight is 270 g/mol. The highest BCUT2D eigenvalue weighted by Gasteiger charge is 2.18. The van der Waals surface area contributed by atoms with E-state index in [1.807, 2.05) is 0 Å². The quantitative estimate of drug-likeness (QED) is 0.847. The topological polar surface area (TPSA) is 70.1 Å². The lowest BCUT2D eigenvalue weighted by atomic mass is 10.3. The van der Waals surface area contributed by atoms with Crippen molar-refractivity contribution in [3.63, 3.8) is 0 Å². The van der Waals surface area contributed by atoms with Gasteiger partial charge in [0, 0.05) is 5.02 Å². The molecule has 18 heavy (non-hydrogen) atoms. The Morgan fingerprint density at radius 1 is 1.56 bits per heavy atom. The van der Waals surface area contributed by atoms with Crippen molar-refractivity contribution < 1.29 is 13.9 Å². The molecule has 0 radical (unpaired) electrons. The maximum atomic E-state index is 13.7. The van der Waals surface area contributed by atoms with Crippen molar-refractivity contribution in [1.82, 2.24) is 9.78 Å². The molecule has 0 aliphatic carbocycles. The Morgan fingerprint density at radius 2 is 2.28 bits per heavy atom. The molecule has 0 spiro atoms. The molecule has 2 N–H and O–H groups in total. The zero-order valence-corrected chi connectivity index (χ0v) is 10.1. The second-order valence-corrected chi connectivity index (χ2v) is 3.88. The van der Waals surface area contributed by atoms with Gasteiger partial charge in [0.1, 0.15) is 22.9 Å². The van der Waals surface area contributed by atoms with E-state index in [1.54, 1.807) is 0 Å². The van der Waals surface area contributed by atoms with Crippen molar-refractivity contribution in [3.05, 3.63) is 40.8 Å². The number of hydrogen-bond donors (Lipinski definition) is 1. The fourth-order valence-electron chi connectivity index (χ4n) is 1.47. The predicted octanol–water partition coefficient (Wildman–Crippen LogP) is 2.03. The summed E-state index contributed by atoms with van der Waals surface area (Å²) in [5, 5.41) is 4.11. The van der Waals surface area contributed by atoms with Crippen LogP contribution in [0.1, 0.15) is 10.4 Å². The van der Waals surface area contributed by atoms with Gasteiger partial charge in [-0.1, -0.05) is 11.6 Å². The summed E-state index contributed by atoms with van der Waals surface area (Å²) in [4.78, 5) is 11.3. The molecule has 2 rings (SSSR count). The lowest BCUT2D eigenvalue weighted by molar-refractivity contribution is 0.0602. The van der Waals surface area contributed by atoms with E-state index in [4.69, 9.17) is 17.3 Å². The largest absolute Gasteiger partial charge is 0.465 e. The van der Waals surface area contributed by atoms with E-state index in [0.29, 0.717) is 0 Å². The van der Waals surface area contributed by atoms with Gasteiger partial charge in [-0.15, -0.1) is 0 Å². The minimum Gasteiger partial charge on any atom is -0.465 e. The Hall–Kier alpha value is -2.08. The number of benzene rings is 1. The number of aromatic nitrogens is 2. The lowest BCUT2D eigenvalue weighted by Crippen LogP contribution is -2.08. The van der Waals surface area contributed by atoms with Crippen molar-refractivity contribution in [2.45, 2.75) is 0 Å². The molecular formula is C11H9ClFN3O2. The van der Waals surface area contributed by atoms with E-state index < -0.39 is 11.8 Å². The zero-order chi connectivity index (χ0) is 13.3. The fraction of sp³-hybridized carbons (Fsp3) is 0.0909. The Kier molecular flexibility index (Phi) is 3.20. The van der Waals surface area contributed by atoms with Crippen molar-refractivity contribution >= 4 is 23.4 Å². The van der Waals surface area contributed by atoms with Crippen LogP contribution in [0, 0.1) is 5.82 Å². The number of nitrogens with two attached hydrogens (primary N) is 1. The van der Waals surface area contributed by atoms with Crippen LogP contribution in [0.15, 0.2) is 24.4 Å². The Balaban J connectivity index is 2.52. The second-order valence-electron chi connectivity index (χ2n) is 3.44. The molecule has 0 unspecified atom stereocenters. The molecule has 7 heteroatoms. The van der Waals surface area contributed by atoms with Crippen LogP contribution in [-0.4, -0.2) is 22.9 Å². The fourth-order valence-corrected chi connectivity index (χ4v) is 1.63. The highest BCUT2D eigenvalue weighted by atomic mass is 35.5. The molecule has 0 amide bonds. The highest BCUT2D eigenvalue weighted by molar-refractivity contribution is 6.30. The molecule has 1 heterocycles. The van der Waals surface area contributed by atoms with Gasteiger partial charge in [0.25, 0.3) is 0 Å². The normalized spacial score (nSPS) is 10.4. The minimum atomic E-state index is -0.631. The average Bonchev–Trinajstić information content (AvgIpc) is 2.70. The van der Waals surface area contributed by atoms with E-state index in [9.17, 15) is 9.18 Å². The van der Waals surface area contributed by atoms with Crippen LogP contribution in [0.25, 0.3) is 5.69 Å². The van der Waals surface area contributed by atoms with E-state index >= 15 is 0 Å². The molecule has 94 valence electrons. The van der Waals surface area contributed by atoms with Crippen LogP contribution in [0.2, 0.25) is 5.02 Å². The van der Waals surface area contributed by atoms with E-state index in [-0.39, 0.29) is 22.1 Å². The monoisotopic (exact) mass is 269 g/mol. The number of hydrogen-bond acceptors (Lipinski definition) is 4. The first-order valence-electron chi connectivity index (χ1n) is 4.92. The van der Waals surface area contributed by atoms with Gasteiger partial charge in [0.05, 0.1) is 13.3 Å². The van der Waals surface area contributed by atoms with Gasteiger partial charge in [-0.2, -0.15) is 5.10 Å². The lowest BCUT2D eigenvalue weighted by Gasteiger charge is -2.06. The predicted molar refractivity (Wildman–Crippen MR) is 64.3 cm³/mol. The molecule has 0 saturated heterocycles. The summed E-state index contributed by atoms with van der Waals surface area (Å²) in [6.45, 7) is 0. The summed E-state index contributed by atoms with van der Waals surface area (Å²) in [5.74, 6) is -1.22. The van der Waals surface area contributed by atoms with Crippen molar-refractivity contribution in [1.29, 1.82) is 0 Å². The molecule has 1 aromatic carbocycles. The first-order valence-corrected chi connectivity index (χ1v) is 5.29. The molecule has 0 aliphatic heterocycles. The van der Waals surface area contributed by atoms with Crippen molar-refractivity contribution in [2.24, 2.45) is 0 Å². The van der Waals surface area contributed by atoms with Gasteiger partial charge < -0.3 is 10.5 Å². The first kappa shape index (κ1) is 12.4. The van der Waals surface area contributed by atoms with E-state index in [1.165, 1.54) is 25.4 Å². The number of nitrogen functional groups attached to an aromatic ring is 1. The molecular weight excluding hydrogens is 261 g/mol. The van der Waals surface area contributed by atoms with Crippen molar-refractivity contribution in [3.8, 4) is 5.69 Å².